The molecule has 8 heteroatoms. The highest BCUT2D eigenvalue weighted by atomic mass is 32.2. The summed E-state index contributed by atoms with van der Waals surface area (Å²) in [5.41, 5.74) is 1.05. The average molecular weight is 286 g/mol. The van der Waals surface area contributed by atoms with Crippen molar-refractivity contribution in [2.24, 2.45) is 0 Å². The molecule has 19 heavy (non-hydrogen) atoms. The van der Waals surface area contributed by atoms with Crippen LogP contribution in [0, 0.1) is 6.92 Å². The molecule has 0 unspecified atom stereocenters. The molecule has 0 spiro atoms. The second-order valence-electron chi connectivity index (χ2n) is 3.86. The van der Waals surface area contributed by atoms with Crippen LogP contribution in [0.15, 0.2) is 18.2 Å². The fourth-order valence-electron chi connectivity index (χ4n) is 1.38. The summed E-state index contributed by atoms with van der Waals surface area (Å²) >= 11 is 0. The Morgan fingerprint density at radius 1 is 1.32 bits per heavy atom. The highest BCUT2D eigenvalue weighted by molar-refractivity contribution is 7.93. The summed E-state index contributed by atoms with van der Waals surface area (Å²) in [5, 5.41) is 10.9. The van der Waals surface area contributed by atoms with Crippen LogP contribution in [0.5, 0.6) is 0 Å². The third kappa shape index (κ3) is 4.25. The standard InChI is InChI=1S/C11H14N2O5S/c1-7-3-4-8(11(16)12-2)5-9(7)13-19(17,18)6-10(14)15/h3-5,13H,6H2,1-2H3,(H,12,16)(H,14,15). The first-order valence-electron chi connectivity index (χ1n) is 5.30. The van der Waals surface area contributed by atoms with Crippen LogP contribution in [0.4, 0.5) is 5.69 Å². The van der Waals surface area contributed by atoms with Crippen LogP contribution in [0.2, 0.25) is 0 Å². The van der Waals surface area contributed by atoms with E-state index in [1.54, 1.807) is 19.1 Å². The number of aliphatic carboxylic acids is 1. The first kappa shape index (κ1) is 15.0. The highest BCUT2D eigenvalue weighted by Gasteiger charge is 2.17. The maximum Gasteiger partial charge on any atom is 0.320 e. The van der Waals surface area contributed by atoms with Gasteiger partial charge in [0.1, 0.15) is 0 Å². The van der Waals surface area contributed by atoms with Crippen LogP contribution >= 0.6 is 0 Å². The van der Waals surface area contributed by atoms with E-state index in [4.69, 9.17) is 5.11 Å². The van der Waals surface area contributed by atoms with Gasteiger partial charge in [0.2, 0.25) is 10.0 Å². The van der Waals surface area contributed by atoms with Crippen LogP contribution in [0.25, 0.3) is 0 Å². The van der Waals surface area contributed by atoms with Crippen molar-refractivity contribution < 1.29 is 23.1 Å². The third-order valence-electron chi connectivity index (χ3n) is 2.31. The van der Waals surface area contributed by atoms with Crippen molar-refractivity contribution in [3.63, 3.8) is 0 Å². The fourth-order valence-corrected chi connectivity index (χ4v) is 2.34. The number of anilines is 1. The topological polar surface area (TPSA) is 113 Å². The number of carboxylic acid groups (broad SMARTS) is 1. The van der Waals surface area contributed by atoms with Gasteiger partial charge in [-0.25, -0.2) is 8.42 Å². The van der Waals surface area contributed by atoms with E-state index in [0.717, 1.165) is 0 Å². The quantitative estimate of drug-likeness (QED) is 0.714. The molecule has 1 amide bonds. The number of carboxylic acids is 1. The Morgan fingerprint density at radius 3 is 2.47 bits per heavy atom. The van der Waals surface area contributed by atoms with Crippen molar-refractivity contribution in [1.29, 1.82) is 0 Å². The molecule has 1 rings (SSSR count). The lowest BCUT2D eigenvalue weighted by Gasteiger charge is -2.10. The molecule has 0 bridgehead atoms. The maximum atomic E-state index is 11.5. The van der Waals surface area contributed by atoms with Gasteiger partial charge in [0.15, 0.2) is 5.75 Å². The smallest absolute Gasteiger partial charge is 0.320 e. The minimum Gasteiger partial charge on any atom is -0.480 e. The van der Waals surface area contributed by atoms with Crippen LogP contribution in [-0.4, -0.2) is 38.2 Å². The monoisotopic (exact) mass is 286 g/mol. The molecule has 0 atom stereocenters. The fraction of sp³-hybridized carbons (Fsp3) is 0.273. The van der Waals surface area contributed by atoms with Crippen molar-refractivity contribution in [1.82, 2.24) is 5.32 Å². The van der Waals surface area contributed by atoms with E-state index in [-0.39, 0.29) is 17.2 Å². The lowest BCUT2D eigenvalue weighted by molar-refractivity contribution is -0.134. The Kier molecular flexibility index (Phi) is 4.49. The molecule has 0 saturated heterocycles. The number of hydrogen-bond donors (Lipinski definition) is 3. The summed E-state index contributed by atoms with van der Waals surface area (Å²) in [4.78, 5) is 21.9. The number of nitrogens with one attached hydrogen (secondary N) is 2. The molecule has 0 aromatic heterocycles. The van der Waals surface area contributed by atoms with Crippen molar-refractivity contribution in [3.05, 3.63) is 29.3 Å². The summed E-state index contributed by atoms with van der Waals surface area (Å²) in [6, 6.07) is 4.47. The van der Waals surface area contributed by atoms with E-state index in [0.29, 0.717) is 5.56 Å². The van der Waals surface area contributed by atoms with E-state index in [9.17, 15) is 18.0 Å². The van der Waals surface area contributed by atoms with Crippen LogP contribution in [0.3, 0.4) is 0 Å². The van der Waals surface area contributed by atoms with Gasteiger partial charge in [-0.15, -0.1) is 0 Å². The van der Waals surface area contributed by atoms with Crippen molar-refractivity contribution in [2.45, 2.75) is 6.92 Å². The zero-order valence-electron chi connectivity index (χ0n) is 10.4. The highest BCUT2D eigenvalue weighted by Crippen LogP contribution is 2.18. The van der Waals surface area contributed by atoms with Gasteiger partial charge in [-0.2, -0.15) is 0 Å². The number of amides is 1. The zero-order valence-corrected chi connectivity index (χ0v) is 11.2. The average Bonchev–Trinajstić information content (AvgIpc) is 2.29. The second-order valence-corrected chi connectivity index (χ2v) is 5.59. The molecule has 0 aliphatic heterocycles. The molecule has 0 radical (unpaired) electrons. The Morgan fingerprint density at radius 2 is 1.95 bits per heavy atom. The van der Waals surface area contributed by atoms with Gasteiger partial charge in [0, 0.05) is 12.6 Å². The number of carbonyl (C=O) groups excluding carboxylic acids is 1. The number of sulfonamides is 1. The predicted molar refractivity (Wildman–Crippen MR) is 69.6 cm³/mol. The SMILES string of the molecule is CNC(=O)c1ccc(C)c(NS(=O)(=O)CC(=O)O)c1. The zero-order chi connectivity index (χ0) is 14.6. The molecule has 1 aromatic rings. The van der Waals surface area contributed by atoms with Gasteiger partial charge >= 0.3 is 5.97 Å². The Bertz CT molecular complexity index is 610. The molecular weight excluding hydrogens is 272 g/mol. The van der Waals surface area contributed by atoms with E-state index < -0.39 is 21.7 Å². The van der Waals surface area contributed by atoms with E-state index in [1.807, 2.05) is 0 Å². The Balaban J connectivity index is 3.07. The maximum absolute atomic E-state index is 11.5. The summed E-state index contributed by atoms with van der Waals surface area (Å²) in [5.74, 6) is -2.84. The molecule has 0 fully saturated rings. The predicted octanol–water partition coefficient (Wildman–Crippen LogP) is 0.181. The number of aryl methyl sites for hydroxylation is 1. The molecule has 1 aromatic carbocycles. The summed E-state index contributed by atoms with van der Waals surface area (Å²) in [6.45, 7) is 1.65. The van der Waals surface area contributed by atoms with Gasteiger partial charge in [0.25, 0.3) is 5.91 Å². The second kappa shape index (κ2) is 5.70. The van der Waals surface area contributed by atoms with Crippen molar-refractivity contribution in [3.8, 4) is 0 Å². The Labute approximate surface area is 110 Å². The summed E-state index contributed by atoms with van der Waals surface area (Å²) in [7, 11) is -2.53. The van der Waals surface area contributed by atoms with Crippen LogP contribution < -0.4 is 10.0 Å². The van der Waals surface area contributed by atoms with Gasteiger partial charge in [-0.3, -0.25) is 14.3 Å². The van der Waals surface area contributed by atoms with Gasteiger partial charge < -0.3 is 10.4 Å². The summed E-state index contributed by atoms with van der Waals surface area (Å²) in [6.07, 6.45) is 0. The number of rotatable bonds is 5. The van der Waals surface area contributed by atoms with Crippen LogP contribution in [0.1, 0.15) is 15.9 Å². The molecule has 7 nitrogen and oxygen atoms in total. The molecular formula is C11H14N2O5S. The van der Waals surface area contributed by atoms with E-state index >= 15 is 0 Å². The lowest BCUT2D eigenvalue weighted by atomic mass is 10.1. The summed E-state index contributed by atoms with van der Waals surface area (Å²) < 4.78 is 25.2. The minimum atomic E-state index is -3.99. The molecule has 0 aliphatic carbocycles. The number of carbonyl (C=O) groups is 2. The van der Waals surface area contributed by atoms with Gasteiger partial charge in [-0.1, -0.05) is 6.07 Å². The van der Waals surface area contributed by atoms with Crippen molar-refractivity contribution in [2.75, 3.05) is 17.5 Å². The molecule has 0 aliphatic rings. The van der Waals surface area contributed by atoms with Crippen molar-refractivity contribution >= 4 is 27.6 Å². The minimum absolute atomic E-state index is 0.183. The normalized spacial score (nSPS) is 10.8. The van der Waals surface area contributed by atoms with Crippen LogP contribution in [-0.2, 0) is 14.8 Å². The van der Waals surface area contributed by atoms with E-state index in [1.165, 1.54) is 13.1 Å². The lowest BCUT2D eigenvalue weighted by Crippen LogP contribution is -2.23. The largest absolute Gasteiger partial charge is 0.480 e. The molecule has 0 saturated carbocycles. The Hall–Kier alpha value is -2.09. The first-order chi connectivity index (χ1) is 8.75. The first-order valence-corrected chi connectivity index (χ1v) is 6.95. The molecule has 104 valence electrons. The van der Waals surface area contributed by atoms with Gasteiger partial charge in [0.05, 0.1) is 5.69 Å². The molecule has 0 heterocycles. The van der Waals surface area contributed by atoms with Gasteiger partial charge in [-0.05, 0) is 24.6 Å². The molecule has 3 N–H and O–H groups in total. The number of hydrogen-bond acceptors (Lipinski definition) is 4. The third-order valence-corrected chi connectivity index (χ3v) is 3.46. The number of benzene rings is 1. The van der Waals surface area contributed by atoms with E-state index in [2.05, 4.69) is 10.0 Å².